The van der Waals surface area contributed by atoms with Crippen LogP contribution in [-0.2, 0) is 0 Å². The van der Waals surface area contributed by atoms with Gasteiger partial charge in [-0.05, 0) is 64.8 Å². The van der Waals surface area contributed by atoms with Crippen LogP contribution in [0.4, 0.5) is 0 Å². The van der Waals surface area contributed by atoms with Crippen molar-refractivity contribution in [2.45, 2.75) is 51.5 Å². The van der Waals surface area contributed by atoms with Crippen molar-refractivity contribution in [2.75, 3.05) is 46.8 Å². The van der Waals surface area contributed by atoms with E-state index in [1.54, 1.807) is 0 Å². The molecule has 1 N–H and O–H groups in total. The molecule has 2 aliphatic rings. The summed E-state index contributed by atoms with van der Waals surface area (Å²) in [5, 5.41) is 3.64. The molecule has 1 unspecified atom stereocenters. The minimum Gasteiger partial charge on any atom is -0.316 e. The zero-order valence-electron chi connectivity index (χ0n) is 14.1. The third-order valence-electron chi connectivity index (χ3n) is 5.36. The standard InChI is InChI=1S/C17H35N3/c1-15(2)11-18-12-16-7-10-20(13-16)14-17(19(3)4)8-5-6-9-17/h15-16,18H,5-14H2,1-4H3. The molecule has 0 radical (unpaired) electrons. The van der Waals surface area contributed by atoms with Gasteiger partial charge in [0.1, 0.15) is 0 Å². The van der Waals surface area contributed by atoms with Gasteiger partial charge in [-0.3, -0.25) is 0 Å². The van der Waals surface area contributed by atoms with E-state index in [4.69, 9.17) is 0 Å². The minimum atomic E-state index is 0.472. The van der Waals surface area contributed by atoms with Crippen molar-refractivity contribution in [3.8, 4) is 0 Å². The molecule has 118 valence electrons. The van der Waals surface area contributed by atoms with E-state index in [-0.39, 0.29) is 0 Å². The van der Waals surface area contributed by atoms with Gasteiger partial charge in [-0.1, -0.05) is 26.7 Å². The average Bonchev–Trinajstić information content (AvgIpc) is 3.00. The fourth-order valence-electron chi connectivity index (χ4n) is 4.00. The van der Waals surface area contributed by atoms with Crippen molar-refractivity contribution >= 4 is 0 Å². The molecule has 1 aliphatic heterocycles. The smallest absolute Gasteiger partial charge is 0.0330 e. The maximum absolute atomic E-state index is 3.64. The summed E-state index contributed by atoms with van der Waals surface area (Å²) in [5.41, 5.74) is 0.472. The van der Waals surface area contributed by atoms with Crippen LogP contribution in [0.25, 0.3) is 0 Å². The number of nitrogens with one attached hydrogen (secondary N) is 1. The van der Waals surface area contributed by atoms with E-state index < -0.39 is 0 Å². The Morgan fingerprint density at radius 3 is 2.55 bits per heavy atom. The Morgan fingerprint density at radius 2 is 1.95 bits per heavy atom. The number of rotatable bonds is 7. The van der Waals surface area contributed by atoms with E-state index in [1.807, 2.05) is 0 Å². The first-order valence-electron chi connectivity index (χ1n) is 8.62. The highest BCUT2D eigenvalue weighted by Crippen LogP contribution is 2.35. The van der Waals surface area contributed by atoms with Crippen LogP contribution >= 0.6 is 0 Å². The molecule has 3 heteroatoms. The lowest BCUT2D eigenvalue weighted by Crippen LogP contribution is -2.50. The molecule has 1 saturated heterocycles. The first-order valence-corrected chi connectivity index (χ1v) is 8.62. The molecule has 0 aromatic rings. The van der Waals surface area contributed by atoms with Gasteiger partial charge < -0.3 is 15.1 Å². The van der Waals surface area contributed by atoms with Gasteiger partial charge in [-0.2, -0.15) is 0 Å². The molecular weight excluding hydrogens is 246 g/mol. The van der Waals surface area contributed by atoms with Gasteiger partial charge in [0, 0.05) is 18.6 Å². The molecule has 0 amide bonds. The fourth-order valence-corrected chi connectivity index (χ4v) is 4.00. The summed E-state index contributed by atoms with van der Waals surface area (Å²) >= 11 is 0. The van der Waals surface area contributed by atoms with Crippen molar-refractivity contribution in [3.63, 3.8) is 0 Å². The Balaban J connectivity index is 1.75. The highest BCUT2D eigenvalue weighted by molar-refractivity contribution is 4.96. The lowest BCUT2D eigenvalue weighted by Gasteiger charge is -2.39. The Kier molecular flexibility index (Phi) is 5.88. The maximum Gasteiger partial charge on any atom is 0.0330 e. The second-order valence-corrected chi connectivity index (χ2v) is 7.77. The summed E-state index contributed by atoms with van der Waals surface area (Å²) in [5.74, 6) is 1.64. The van der Waals surface area contributed by atoms with Crippen molar-refractivity contribution in [1.82, 2.24) is 15.1 Å². The van der Waals surface area contributed by atoms with Gasteiger partial charge in [-0.15, -0.1) is 0 Å². The SMILES string of the molecule is CC(C)CNCC1CCN(CC2(N(C)C)CCCC2)C1. The summed E-state index contributed by atoms with van der Waals surface area (Å²) in [6.07, 6.45) is 7.02. The predicted molar refractivity (Wildman–Crippen MR) is 87.1 cm³/mol. The second-order valence-electron chi connectivity index (χ2n) is 7.77. The molecule has 1 atom stereocenters. The van der Waals surface area contributed by atoms with E-state index in [0.717, 1.165) is 18.4 Å². The normalized spacial score (nSPS) is 27.0. The number of likely N-dealkylation sites (tertiary alicyclic amines) is 1. The second kappa shape index (κ2) is 7.24. The van der Waals surface area contributed by atoms with Gasteiger partial charge in [0.25, 0.3) is 0 Å². The van der Waals surface area contributed by atoms with Gasteiger partial charge in [-0.25, -0.2) is 0 Å². The molecule has 1 aliphatic carbocycles. The molecule has 2 fully saturated rings. The third-order valence-corrected chi connectivity index (χ3v) is 5.36. The number of likely N-dealkylation sites (N-methyl/N-ethyl adjacent to an activating group) is 1. The number of hydrogen-bond acceptors (Lipinski definition) is 3. The van der Waals surface area contributed by atoms with Gasteiger partial charge in [0.15, 0.2) is 0 Å². The van der Waals surface area contributed by atoms with Crippen LogP contribution in [0.1, 0.15) is 46.0 Å². The Labute approximate surface area is 126 Å². The lowest BCUT2D eigenvalue weighted by molar-refractivity contribution is 0.103. The van der Waals surface area contributed by atoms with Crippen molar-refractivity contribution in [1.29, 1.82) is 0 Å². The minimum absolute atomic E-state index is 0.472. The van der Waals surface area contributed by atoms with Crippen molar-refractivity contribution < 1.29 is 0 Å². The zero-order chi connectivity index (χ0) is 14.6. The van der Waals surface area contributed by atoms with Crippen LogP contribution in [0.2, 0.25) is 0 Å². The van der Waals surface area contributed by atoms with Gasteiger partial charge >= 0.3 is 0 Å². The highest BCUT2D eigenvalue weighted by Gasteiger charge is 2.38. The summed E-state index contributed by atoms with van der Waals surface area (Å²) < 4.78 is 0. The van der Waals surface area contributed by atoms with Crippen LogP contribution in [-0.4, -0.2) is 62.2 Å². The molecule has 3 nitrogen and oxygen atoms in total. The molecule has 0 aromatic carbocycles. The Morgan fingerprint density at radius 1 is 1.25 bits per heavy atom. The molecule has 20 heavy (non-hydrogen) atoms. The molecule has 0 bridgehead atoms. The quantitative estimate of drug-likeness (QED) is 0.773. The van der Waals surface area contributed by atoms with Crippen LogP contribution in [0, 0.1) is 11.8 Å². The van der Waals surface area contributed by atoms with E-state index in [2.05, 4.69) is 43.1 Å². The Bertz CT molecular complexity index is 282. The van der Waals surface area contributed by atoms with Gasteiger partial charge in [0.2, 0.25) is 0 Å². The summed E-state index contributed by atoms with van der Waals surface area (Å²) in [7, 11) is 4.56. The first kappa shape index (κ1) is 16.3. The molecular formula is C17H35N3. The first-order chi connectivity index (χ1) is 9.52. The molecule has 0 spiro atoms. The van der Waals surface area contributed by atoms with Crippen molar-refractivity contribution in [2.24, 2.45) is 11.8 Å². The lowest BCUT2D eigenvalue weighted by atomic mass is 9.95. The largest absolute Gasteiger partial charge is 0.316 e. The van der Waals surface area contributed by atoms with E-state index in [1.165, 1.54) is 58.3 Å². The fraction of sp³-hybridized carbons (Fsp3) is 1.00. The number of hydrogen-bond donors (Lipinski definition) is 1. The van der Waals surface area contributed by atoms with E-state index in [9.17, 15) is 0 Å². The highest BCUT2D eigenvalue weighted by atomic mass is 15.2. The van der Waals surface area contributed by atoms with Crippen LogP contribution < -0.4 is 5.32 Å². The monoisotopic (exact) mass is 281 g/mol. The topological polar surface area (TPSA) is 18.5 Å². The van der Waals surface area contributed by atoms with Crippen LogP contribution in [0.3, 0.4) is 0 Å². The molecule has 1 saturated carbocycles. The molecule has 0 aromatic heterocycles. The van der Waals surface area contributed by atoms with Crippen molar-refractivity contribution in [3.05, 3.63) is 0 Å². The zero-order valence-corrected chi connectivity index (χ0v) is 14.1. The summed E-state index contributed by atoms with van der Waals surface area (Å²) in [6.45, 7) is 10.9. The van der Waals surface area contributed by atoms with E-state index >= 15 is 0 Å². The van der Waals surface area contributed by atoms with Crippen LogP contribution in [0.5, 0.6) is 0 Å². The average molecular weight is 281 g/mol. The predicted octanol–water partition coefficient (Wildman–Crippen LogP) is 2.43. The van der Waals surface area contributed by atoms with Crippen LogP contribution in [0.15, 0.2) is 0 Å². The molecule has 2 rings (SSSR count). The molecule has 1 heterocycles. The third kappa shape index (κ3) is 4.19. The summed E-state index contributed by atoms with van der Waals surface area (Å²) in [4.78, 5) is 5.23. The van der Waals surface area contributed by atoms with Gasteiger partial charge in [0.05, 0.1) is 0 Å². The van der Waals surface area contributed by atoms with E-state index in [0.29, 0.717) is 5.54 Å². The Hall–Kier alpha value is -0.120. The summed E-state index contributed by atoms with van der Waals surface area (Å²) in [6, 6.07) is 0. The number of nitrogens with zero attached hydrogens (tertiary/aromatic N) is 2. The maximum atomic E-state index is 3.64.